The number of hydrogen-bond acceptors (Lipinski definition) is 2. The van der Waals surface area contributed by atoms with Gasteiger partial charge in [0.05, 0.1) is 0 Å². The first kappa shape index (κ1) is 14.1. The van der Waals surface area contributed by atoms with Crippen molar-refractivity contribution >= 4 is 5.69 Å². The Morgan fingerprint density at radius 1 is 1.37 bits per heavy atom. The molecule has 0 fully saturated rings. The van der Waals surface area contributed by atoms with Crippen molar-refractivity contribution in [2.45, 2.75) is 45.7 Å². The number of benzene rings is 1. The summed E-state index contributed by atoms with van der Waals surface area (Å²) in [4.78, 5) is 2.47. The summed E-state index contributed by atoms with van der Waals surface area (Å²) in [5, 5.41) is 3.51. The third kappa shape index (κ3) is 3.60. The maximum atomic E-state index is 4.22. The molecule has 1 aliphatic rings. The minimum Gasteiger partial charge on any atom is -0.364 e. The van der Waals surface area contributed by atoms with Crippen LogP contribution in [-0.2, 0) is 6.42 Å². The second-order valence-corrected chi connectivity index (χ2v) is 6.66. The van der Waals surface area contributed by atoms with Gasteiger partial charge in [-0.15, -0.1) is 0 Å². The molecule has 1 heterocycles. The molecule has 1 aromatic carbocycles. The van der Waals surface area contributed by atoms with E-state index in [1.165, 1.54) is 16.8 Å². The zero-order chi connectivity index (χ0) is 14.0. The fraction of sp³-hybridized carbons (Fsp3) is 0.529. The number of fused-ring (bicyclic) bond motifs is 1. The van der Waals surface area contributed by atoms with Gasteiger partial charge >= 0.3 is 0 Å². The quantitative estimate of drug-likeness (QED) is 0.833. The first-order chi connectivity index (χ1) is 8.87. The summed E-state index contributed by atoms with van der Waals surface area (Å²) in [6.45, 7) is 14.9. The van der Waals surface area contributed by atoms with E-state index in [2.05, 4.69) is 68.8 Å². The first-order valence-electron chi connectivity index (χ1n) is 7.13. The summed E-state index contributed by atoms with van der Waals surface area (Å²) in [5.74, 6) is 0. The van der Waals surface area contributed by atoms with Crippen molar-refractivity contribution in [3.05, 3.63) is 42.0 Å². The molecule has 1 unspecified atom stereocenters. The van der Waals surface area contributed by atoms with Gasteiger partial charge in [-0.1, -0.05) is 24.8 Å². The molecule has 0 radical (unpaired) electrons. The number of anilines is 1. The molecule has 1 aliphatic heterocycles. The molecule has 2 rings (SSSR count). The van der Waals surface area contributed by atoms with Crippen LogP contribution in [0.25, 0.3) is 0 Å². The lowest BCUT2D eigenvalue weighted by Crippen LogP contribution is -2.39. The minimum absolute atomic E-state index is 0.150. The standard InChI is InChI=1S/C17H26N2/c1-13(11-18-17(3,4)5)12-19-14(2)10-15-8-6-7-9-16(15)19/h6-9,14,18H,1,10-12H2,2-5H3. The monoisotopic (exact) mass is 258 g/mol. The summed E-state index contributed by atoms with van der Waals surface area (Å²) in [5.41, 5.74) is 4.24. The number of rotatable bonds is 4. The summed E-state index contributed by atoms with van der Waals surface area (Å²) in [6.07, 6.45) is 1.15. The van der Waals surface area contributed by atoms with Crippen molar-refractivity contribution in [2.24, 2.45) is 0 Å². The summed E-state index contributed by atoms with van der Waals surface area (Å²) >= 11 is 0. The molecule has 104 valence electrons. The Kier molecular flexibility index (Phi) is 4.00. The second-order valence-electron chi connectivity index (χ2n) is 6.66. The molecule has 0 spiro atoms. The second kappa shape index (κ2) is 5.38. The highest BCUT2D eigenvalue weighted by atomic mass is 15.2. The van der Waals surface area contributed by atoms with E-state index < -0.39 is 0 Å². The lowest BCUT2D eigenvalue weighted by Gasteiger charge is -2.28. The predicted octanol–water partition coefficient (Wildman–Crippen LogP) is 3.38. The van der Waals surface area contributed by atoms with Crippen molar-refractivity contribution in [1.82, 2.24) is 5.32 Å². The molecule has 0 amide bonds. The molecule has 19 heavy (non-hydrogen) atoms. The van der Waals surface area contributed by atoms with Gasteiger partial charge in [-0.05, 0) is 51.3 Å². The average Bonchev–Trinajstić information content (AvgIpc) is 2.63. The zero-order valence-electron chi connectivity index (χ0n) is 12.7. The highest BCUT2D eigenvalue weighted by Gasteiger charge is 2.25. The normalized spacial score (nSPS) is 18.5. The van der Waals surface area contributed by atoms with Gasteiger partial charge in [0.2, 0.25) is 0 Å². The SMILES string of the molecule is C=C(CNC(C)(C)C)CN1c2ccccc2CC1C. The molecule has 2 nitrogen and oxygen atoms in total. The Bertz CT molecular complexity index is 457. The van der Waals surface area contributed by atoms with Crippen LogP contribution in [0.4, 0.5) is 5.69 Å². The Labute approximate surface area is 117 Å². The highest BCUT2D eigenvalue weighted by molar-refractivity contribution is 5.59. The molecule has 0 saturated heterocycles. The average molecular weight is 258 g/mol. The van der Waals surface area contributed by atoms with Crippen molar-refractivity contribution in [3.8, 4) is 0 Å². The van der Waals surface area contributed by atoms with Crippen molar-refractivity contribution < 1.29 is 0 Å². The smallest absolute Gasteiger partial charge is 0.0404 e. The van der Waals surface area contributed by atoms with Crippen LogP contribution in [-0.4, -0.2) is 24.7 Å². The molecule has 1 aromatic rings. The van der Waals surface area contributed by atoms with Crippen LogP contribution in [0.5, 0.6) is 0 Å². The van der Waals surface area contributed by atoms with Crippen molar-refractivity contribution in [3.63, 3.8) is 0 Å². The van der Waals surface area contributed by atoms with E-state index in [1.807, 2.05) is 0 Å². The van der Waals surface area contributed by atoms with E-state index in [0.717, 1.165) is 19.5 Å². The van der Waals surface area contributed by atoms with Gasteiger partial charge in [-0.25, -0.2) is 0 Å². The highest BCUT2D eigenvalue weighted by Crippen LogP contribution is 2.31. The maximum Gasteiger partial charge on any atom is 0.0404 e. The van der Waals surface area contributed by atoms with Gasteiger partial charge < -0.3 is 10.2 Å². The van der Waals surface area contributed by atoms with Crippen molar-refractivity contribution in [2.75, 3.05) is 18.0 Å². The lowest BCUT2D eigenvalue weighted by atomic mass is 10.1. The largest absolute Gasteiger partial charge is 0.364 e. The Morgan fingerprint density at radius 3 is 2.74 bits per heavy atom. The molecule has 0 aromatic heterocycles. The van der Waals surface area contributed by atoms with Crippen LogP contribution in [0.2, 0.25) is 0 Å². The molecule has 1 atom stereocenters. The van der Waals surface area contributed by atoms with Crippen molar-refractivity contribution in [1.29, 1.82) is 0 Å². The minimum atomic E-state index is 0.150. The van der Waals surface area contributed by atoms with Gasteiger partial charge in [0.25, 0.3) is 0 Å². The number of nitrogens with zero attached hydrogens (tertiary/aromatic N) is 1. The topological polar surface area (TPSA) is 15.3 Å². The third-order valence-electron chi connectivity index (χ3n) is 3.61. The summed E-state index contributed by atoms with van der Waals surface area (Å²) < 4.78 is 0. The number of hydrogen-bond donors (Lipinski definition) is 1. The predicted molar refractivity (Wildman–Crippen MR) is 83.8 cm³/mol. The van der Waals surface area contributed by atoms with E-state index in [1.54, 1.807) is 0 Å². The zero-order valence-corrected chi connectivity index (χ0v) is 12.7. The number of nitrogens with one attached hydrogen (secondary N) is 1. The van der Waals surface area contributed by atoms with Crippen LogP contribution >= 0.6 is 0 Å². The Morgan fingerprint density at radius 2 is 2.05 bits per heavy atom. The molecule has 0 saturated carbocycles. The van der Waals surface area contributed by atoms with E-state index >= 15 is 0 Å². The lowest BCUT2D eigenvalue weighted by molar-refractivity contribution is 0.442. The van der Waals surface area contributed by atoms with Crippen LogP contribution in [0.1, 0.15) is 33.3 Å². The van der Waals surface area contributed by atoms with Gasteiger partial charge in [0.15, 0.2) is 0 Å². The van der Waals surface area contributed by atoms with Crippen LogP contribution in [0.15, 0.2) is 36.4 Å². The van der Waals surface area contributed by atoms with Gasteiger partial charge in [0, 0.05) is 30.4 Å². The fourth-order valence-electron chi connectivity index (χ4n) is 2.56. The van der Waals surface area contributed by atoms with E-state index in [9.17, 15) is 0 Å². The van der Waals surface area contributed by atoms with Crippen LogP contribution in [0.3, 0.4) is 0 Å². The molecule has 1 N–H and O–H groups in total. The van der Waals surface area contributed by atoms with E-state index in [-0.39, 0.29) is 5.54 Å². The maximum absolute atomic E-state index is 4.22. The summed E-state index contributed by atoms with van der Waals surface area (Å²) in [7, 11) is 0. The van der Waals surface area contributed by atoms with Gasteiger partial charge in [-0.2, -0.15) is 0 Å². The Hall–Kier alpha value is -1.28. The molecular weight excluding hydrogens is 232 g/mol. The molecular formula is C17H26N2. The van der Waals surface area contributed by atoms with Gasteiger partial charge in [-0.3, -0.25) is 0 Å². The Balaban J connectivity index is 1.98. The fourth-order valence-corrected chi connectivity index (χ4v) is 2.56. The van der Waals surface area contributed by atoms with Crippen LogP contribution in [0, 0.1) is 0 Å². The van der Waals surface area contributed by atoms with E-state index in [4.69, 9.17) is 0 Å². The molecule has 0 aliphatic carbocycles. The van der Waals surface area contributed by atoms with Gasteiger partial charge in [0.1, 0.15) is 0 Å². The third-order valence-corrected chi connectivity index (χ3v) is 3.61. The number of para-hydroxylation sites is 1. The first-order valence-corrected chi connectivity index (χ1v) is 7.13. The summed E-state index contributed by atoms with van der Waals surface area (Å²) in [6, 6.07) is 9.29. The van der Waals surface area contributed by atoms with E-state index in [0.29, 0.717) is 6.04 Å². The van der Waals surface area contributed by atoms with Crippen LogP contribution < -0.4 is 10.2 Å². The molecule has 0 bridgehead atoms. The molecule has 2 heteroatoms.